The minimum atomic E-state index is -0.390. The van der Waals surface area contributed by atoms with Crippen LogP contribution in [-0.4, -0.2) is 17.7 Å². The number of benzene rings is 1. The Morgan fingerprint density at radius 1 is 1.30 bits per heavy atom. The first kappa shape index (κ1) is 14.3. The van der Waals surface area contributed by atoms with E-state index in [1.807, 2.05) is 12.1 Å². The predicted octanol–water partition coefficient (Wildman–Crippen LogP) is 3.90. The summed E-state index contributed by atoms with van der Waals surface area (Å²) in [6.07, 6.45) is 3.03. The molecule has 0 aliphatic rings. The van der Waals surface area contributed by atoms with Crippen molar-refractivity contribution < 1.29 is 9.53 Å². The van der Waals surface area contributed by atoms with Gasteiger partial charge >= 0.3 is 6.09 Å². The van der Waals surface area contributed by atoms with Gasteiger partial charge in [-0.1, -0.05) is 17.7 Å². The van der Waals surface area contributed by atoms with E-state index in [-0.39, 0.29) is 0 Å². The zero-order valence-electron chi connectivity index (χ0n) is 11.1. The van der Waals surface area contributed by atoms with Crippen molar-refractivity contribution in [3.05, 3.63) is 59.4 Å². The quantitative estimate of drug-likeness (QED) is 0.857. The average molecular weight is 291 g/mol. The number of halogens is 1. The first-order chi connectivity index (χ1) is 9.70. The number of ether oxygens (including phenoxy) is 1. The van der Waals surface area contributed by atoms with Gasteiger partial charge < -0.3 is 4.74 Å². The van der Waals surface area contributed by atoms with Gasteiger partial charge in [0.2, 0.25) is 0 Å². The molecule has 0 aliphatic heterocycles. The van der Waals surface area contributed by atoms with Gasteiger partial charge in [0, 0.05) is 23.1 Å². The van der Waals surface area contributed by atoms with E-state index >= 15 is 0 Å². The van der Waals surface area contributed by atoms with Gasteiger partial charge in [0.05, 0.1) is 13.2 Å². The van der Waals surface area contributed by atoms with Crippen molar-refractivity contribution in [1.29, 1.82) is 0 Å². The molecule has 0 atom stereocenters. The van der Waals surface area contributed by atoms with Crippen LogP contribution in [0.2, 0.25) is 5.02 Å². The monoisotopic (exact) mass is 290 g/mol. The van der Waals surface area contributed by atoms with E-state index in [2.05, 4.69) is 4.98 Å². The molecule has 1 heterocycles. The molecule has 104 valence electrons. The van der Waals surface area contributed by atoms with Gasteiger partial charge in [0.15, 0.2) is 0 Å². The molecule has 2 aromatic rings. The van der Waals surface area contributed by atoms with E-state index in [4.69, 9.17) is 16.3 Å². The summed E-state index contributed by atoms with van der Waals surface area (Å²) in [5, 5.41) is 0.624. The third-order valence-electron chi connectivity index (χ3n) is 2.69. The third-order valence-corrected chi connectivity index (χ3v) is 2.94. The molecule has 0 aliphatic carbocycles. The molecule has 0 unspecified atom stereocenters. The van der Waals surface area contributed by atoms with E-state index in [1.54, 1.807) is 48.5 Å². The second-order valence-electron chi connectivity index (χ2n) is 4.12. The van der Waals surface area contributed by atoms with Crippen LogP contribution in [-0.2, 0) is 11.3 Å². The maximum atomic E-state index is 12.1. The molecule has 1 amide bonds. The summed E-state index contributed by atoms with van der Waals surface area (Å²) in [7, 11) is 0. The Balaban J connectivity index is 2.25. The molecule has 0 saturated heterocycles. The van der Waals surface area contributed by atoms with Crippen molar-refractivity contribution in [2.24, 2.45) is 0 Å². The molecule has 0 N–H and O–H groups in total. The Labute approximate surface area is 123 Å². The Morgan fingerprint density at radius 2 is 2.05 bits per heavy atom. The van der Waals surface area contributed by atoms with Crippen molar-refractivity contribution in [2.45, 2.75) is 13.5 Å². The normalized spacial score (nSPS) is 10.1. The summed E-state index contributed by atoms with van der Waals surface area (Å²) in [6.45, 7) is 2.51. The molecule has 1 aromatic carbocycles. The van der Waals surface area contributed by atoms with Crippen LogP contribution in [0.4, 0.5) is 10.5 Å². The largest absolute Gasteiger partial charge is 0.449 e. The van der Waals surface area contributed by atoms with Crippen LogP contribution in [0.5, 0.6) is 0 Å². The highest BCUT2D eigenvalue weighted by molar-refractivity contribution is 6.30. The number of rotatable bonds is 4. The topological polar surface area (TPSA) is 42.4 Å². The lowest BCUT2D eigenvalue weighted by Gasteiger charge is -2.22. The van der Waals surface area contributed by atoms with Gasteiger partial charge in [-0.2, -0.15) is 0 Å². The maximum Gasteiger partial charge on any atom is 0.414 e. The number of carbonyl (C=O) groups excluding carboxylic acids is 1. The Bertz CT molecular complexity index is 558. The van der Waals surface area contributed by atoms with Gasteiger partial charge in [0.1, 0.15) is 0 Å². The second-order valence-corrected chi connectivity index (χ2v) is 4.56. The zero-order chi connectivity index (χ0) is 14.4. The smallest absolute Gasteiger partial charge is 0.414 e. The van der Waals surface area contributed by atoms with Crippen LogP contribution >= 0.6 is 11.6 Å². The van der Waals surface area contributed by atoms with Gasteiger partial charge in [0.25, 0.3) is 0 Å². The lowest BCUT2D eigenvalue weighted by Crippen LogP contribution is -2.31. The van der Waals surface area contributed by atoms with E-state index < -0.39 is 6.09 Å². The van der Waals surface area contributed by atoms with Crippen LogP contribution in [0.15, 0.2) is 48.8 Å². The van der Waals surface area contributed by atoms with Crippen molar-refractivity contribution in [2.75, 3.05) is 11.5 Å². The van der Waals surface area contributed by atoms with E-state index in [1.165, 1.54) is 0 Å². The molecule has 20 heavy (non-hydrogen) atoms. The molecular weight excluding hydrogens is 276 g/mol. The highest BCUT2D eigenvalue weighted by atomic mass is 35.5. The lowest BCUT2D eigenvalue weighted by molar-refractivity contribution is 0.159. The van der Waals surface area contributed by atoms with Crippen molar-refractivity contribution in [3.63, 3.8) is 0 Å². The number of amides is 1. The minimum absolute atomic E-state index is 0.329. The van der Waals surface area contributed by atoms with Gasteiger partial charge in [-0.25, -0.2) is 4.79 Å². The first-order valence-electron chi connectivity index (χ1n) is 6.29. The average Bonchev–Trinajstić information content (AvgIpc) is 2.47. The highest BCUT2D eigenvalue weighted by Gasteiger charge is 2.17. The van der Waals surface area contributed by atoms with E-state index in [0.717, 1.165) is 11.3 Å². The van der Waals surface area contributed by atoms with Crippen molar-refractivity contribution in [3.8, 4) is 0 Å². The fraction of sp³-hybridized carbons (Fsp3) is 0.200. The second kappa shape index (κ2) is 6.91. The number of pyridine rings is 1. The Morgan fingerprint density at radius 3 is 2.65 bits per heavy atom. The zero-order valence-corrected chi connectivity index (χ0v) is 11.9. The minimum Gasteiger partial charge on any atom is -0.449 e. The summed E-state index contributed by atoms with van der Waals surface area (Å²) in [4.78, 5) is 17.7. The first-order valence-corrected chi connectivity index (χ1v) is 6.67. The molecule has 0 fully saturated rings. The fourth-order valence-electron chi connectivity index (χ4n) is 1.76. The highest BCUT2D eigenvalue weighted by Crippen LogP contribution is 2.21. The molecule has 1 aromatic heterocycles. The molecule has 0 saturated carbocycles. The summed E-state index contributed by atoms with van der Waals surface area (Å²) in [5.74, 6) is 0. The molecular formula is C15H15ClN2O2. The maximum absolute atomic E-state index is 12.1. The van der Waals surface area contributed by atoms with Crippen molar-refractivity contribution in [1.82, 2.24) is 4.98 Å². The Hall–Kier alpha value is -2.07. The summed E-state index contributed by atoms with van der Waals surface area (Å²) in [5.41, 5.74) is 1.66. The van der Waals surface area contributed by atoms with Crippen LogP contribution in [0.1, 0.15) is 12.5 Å². The lowest BCUT2D eigenvalue weighted by atomic mass is 10.2. The van der Waals surface area contributed by atoms with Gasteiger partial charge in [-0.05, 0) is 42.8 Å². The standard InChI is InChI=1S/C15H15ClN2O2/c1-2-20-15(19)18(11-12-4-3-9-17-10-12)14-7-5-13(16)6-8-14/h3-10H,2,11H2,1H3. The third kappa shape index (κ3) is 3.71. The number of anilines is 1. The molecule has 5 heteroatoms. The van der Waals surface area contributed by atoms with Crippen LogP contribution in [0, 0.1) is 0 Å². The number of aromatic nitrogens is 1. The molecule has 4 nitrogen and oxygen atoms in total. The molecule has 2 rings (SSSR count). The predicted molar refractivity (Wildman–Crippen MR) is 78.9 cm³/mol. The fourth-order valence-corrected chi connectivity index (χ4v) is 1.88. The molecule has 0 radical (unpaired) electrons. The van der Waals surface area contributed by atoms with Gasteiger partial charge in [-0.15, -0.1) is 0 Å². The number of hydrogen-bond acceptors (Lipinski definition) is 3. The van der Waals surface area contributed by atoms with Crippen LogP contribution in [0.3, 0.4) is 0 Å². The van der Waals surface area contributed by atoms with Crippen LogP contribution in [0.25, 0.3) is 0 Å². The summed E-state index contributed by atoms with van der Waals surface area (Å²) < 4.78 is 5.09. The number of carbonyl (C=O) groups is 1. The number of nitrogens with zero attached hydrogens (tertiary/aromatic N) is 2. The summed E-state index contributed by atoms with van der Waals surface area (Å²) in [6, 6.07) is 10.8. The number of hydrogen-bond donors (Lipinski definition) is 0. The van der Waals surface area contributed by atoms with E-state index in [9.17, 15) is 4.79 Å². The molecule has 0 bridgehead atoms. The van der Waals surface area contributed by atoms with E-state index in [0.29, 0.717) is 18.2 Å². The SMILES string of the molecule is CCOC(=O)N(Cc1cccnc1)c1ccc(Cl)cc1. The van der Waals surface area contributed by atoms with Gasteiger partial charge in [-0.3, -0.25) is 9.88 Å². The van der Waals surface area contributed by atoms with Crippen LogP contribution < -0.4 is 4.90 Å². The summed E-state index contributed by atoms with van der Waals surface area (Å²) >= 11 is 5.87. The van der Waals surface area contributed by atoms with Crippen molar-refractivity contribution >= 4 is 23.4 Å². The molecule has 0 spiro atoms. The Kier molecular flexibility index (Phi) is 4.96.